The lowest BCUT2D eigenvalue weighted by atomic mass is 10.1. The Labute approximate surface area is 202 Å². The van der Waals surface area contributed by atoms with Crippen LogP contribution in [0, 0.1) is 0 Å². The quantitative estimate of drug-likeness (QED) is 0.512. The molecule has 1 N–H and O–H groups in total. The van der Waals surface area contributed by atoms with E-state index in [2.05, 4.69) is 44.8 Å². The fourth-order valence-corrected chi connectivity index (χ4v) is 4.93. The van der Waals surface area contributed by atoms with Gasteiger partial charge in [0.15, 0.2) is 0 Å². The Kier molecular flexibility index (Phi) is 7.42. The average Bonchev–Trinajstić information content (AvgIpc) is 3.55. The van der Waals surface area contributed by atoms with Gasteiger partial charge in [0.05, 0.1) is 11.8 Å². The number of nitrogens with zero attached hydrogens (tertiary/aromatic N) is 4. The normalized spacial score (nSPS) is 18.7. The Morgan fingerprint density at radius 2 is 1.85 bits per heavy atom. The summed E-state index contributed by atoms with van der Waals surface area (Å²) in [5.74, 6) is 0.156. The van der Waals surface area contributed by atoms with Gasteiger partial charge in [-0.05, 0) is 43.5 Å². The van der Waals surface area contributed by atoms with Crippen LogP contribution in [-0.4, -0.2) is 44.8 Å². The first-order valence-corrected chi connectivity index (χ1v) is 11.8. The van der Waals surface area contributed by atoms with Crippen LogP contribution < -0.4 is 10.1 Å². The molecule has 4 heterocycles. The second-order valence-electron chi connectivity index (χ2n) is 8.29. The van der Waals surface area contributed by atoms with E-state index in [1.165, 1.54) is 47.5 Å². The van der Waals surface area contributed by atoms with Crippen molar-refractivity contribution in [2.75, 3.05) is 13.1 Å². The van der Waals surface area contributed by atoms with E-state index in [0.29, 0.717) is 25.1 Å². The topological polar surface area (TPSA) is 89.3 Å². The minimum Gasteiger partial charge on any atom is -0.487 e. The van der Waals surface area contributed by atoms with Gasteiger partial charge in [0.1, 0.15) is 24.1 Å². The van der Waals surface area contributed by atoms with Crippen LogP contribution >= 0.6 is 23.7 Å². The third kappa shape index (κ3) is 5.43. The fraction of sp³-hybridized carbons (Fsp3) is 0.391. The first-order valence-electron chi connectivity index (χ1n) is 10.9. The van der Waals surface area contributed by atoms with Gasteiger partial charge in [-0.2, -0.15) is 0 Å². The molecule has 0 spiro atoms. The SMILES string of the molecule is Cl.O=C1CCC(n2cc(-c3cscc3OCc3ccc(CN4CCCC4)cc3)nn2)C(=O)N1. The summed E-state index contributed by atoms with van der Waals surface area (Å²) in [7, 11) is 0. The molecule has 2 aliphatic rings. The molecule has 3 aromatic rings. The van der Waals surface area contributed by atoms with Gasteiger partial charge in [0.2, 0.25) is 5.91 Å². The highest BCUT2D eigenvalue weighted by atomic mass is 35.5. The smallest absolute Gasteiger partial charge is 0.251 e. The Bertz CT molecular complexity index is 1110. The predicted molar refractivity (Wildman–Crippen MR) is 127 cm³/mol. The number of halogens is 1. The second-order valence-corrected chi connectivity index (χ2v) is 9.03. The number of ether oxygens (including phenoxy) is 1. The lowest BCUT2D eigenvalue weighted by molar-refractivity contribution is -0.136. The van der Waals surface area contributed by atoms with Crippen LogP contribution in [0.3, 0.4) is 0 Å². The first-order chi connectivity index (χ1) is 15.7. The molecule has 8 nitrogen and oxygen atoms in total. The van der Waals surface area contributed by atoms with Gasteiger partial charge >= 0.3 is 0 Å². The molecule has 2 saturated heterocycles. The van der Waals surface area contributed by atoms with E-state index in [0.717, 1.165) is 23.4 Å². The van der Waals surface area contributed by atoms with Gasteiger partial charge in [-0.25, -0.2) is 4.68 Å². The summed E-state index contributed by atoms with van der Waals surface area (Å²) in [6, 6.07) is 8.08. The van der Waals surface area contributed by atoms with Crippen molar-refractivity contribution < 1.29 is 14.3 Å². The number of amides is 2. The van der Waals surface area contributed by atoms with E-state index in [4.69, 9.17) is 4.74 Å². The third-order valence-corrected chi connectivity index (χ3v) is 6.69. The minimum absolute atomic E-state index is 0. The lowest BCUT2D eigenvalue weighted by Gasteiger charge is -2.20. The molecule has 2 amide bonds. The molecule has 2 aromatic heterocycles. The van der Waals surface area contributed by atoms with Crippen LogP contribution in [-0.2, 0) is 22.7 Å². The molecule has 0 bridgehead atoms. The molecule has 1 atom stereocenters. The second kappa shape index (κ2) is 10.5. The van der Waals surface area contributed by atoms with Crippen molar-refractivity contribution >= 4 is 35.6 Å². The highest BCUT2D eigenvalue weighted by Crippen LogP contribution is 2.33. The summed E-state index contributed by atoms with van der Waals surface area (Å²) in [4.78, 5) is 26.0. The monoisotopic (exact) mass is 487 g/mol. The number of thiophene rings is 1. The molecule has 2 fully saturated rings. The highest BCUT2D eigenvalue weighted by Gasteiger charge is 2.29. The number of nitrogens with one attached hydrogen (secondary N) is 1. The Balaban J connectivity index is 0.00000259. The number of hydrogen-bond acceptors (Lipinski definition) is 7. The number of imide groups is 1. The van der Waals surface area contributed by atoms with E-state index in [9.17, 15) is 9.59 Å². The number of aromatic nitrogens is 3. The summed E-state index contributed by atoms with van der Waals surface area (Å²) in [6.07, 6.45) is 5.07. The fourth-order valence-electron chi connectivity index (χ4n) is 4.17. The van der Waals surface area contributed by atoms with Crippen molar-refractivity contribution in [3.05, 3.63) is 52.3 Å². The summed E-state index contributed by atoms with van der Waals surface area (Å²) < 4.78 is 7.61. The molecular formula is C23H26ClN5O3S. The molecule has 0 radical (unpaired) electrons. The van der Waals surface area contributed by atoms with Gasteiger partial charge < -0.3 is 4.74 Å². The number of piperidine rings is 1. The molecule has 1 aromatic carbocycles. The van der Waals surface area contributed by atoms with Crippen molar-refractivity contribution in [2.24, 2.45) is 0 Å². The standard InChI is InChI=1S/C23H25N5O3S.ClH/c29-22-8-7-20(23(30)24-22)28-12-19(25-26-28)18-14-32-15-21(18)31-13-17-5-3-16(4-6-17)11-27-9-1-2-10-27;/h3-6,12,14-15,20H,1-2,7-11,13H2,(H,24,29,30);1H. The van der Waals surface area contributed by atoms with Gasteiger partial charge in [0.25, 0.3) is 5.91 Å². The summed E-state index contributed by atoms with van der Waals surface area (Å²) in [6.45, 7) is 3.87. The highest BCUT2D eigenvalue weighted by molar-refractivity contribution is 7.08. The van der Waals surface area contributed by atoms with Crippen molar-refractivity contribution in [2.45, 2.75) is 44.9 Å². The zero-order valence-electron chi connectivity index (χ0n) is 18.1. The zero-order valence-corrected chi connectivity index (χ0v) is 19.7. The average molecular weight is 488 g/mol. The van der Waals surface area contributed by atoms with E-state index in [-0.39, 0.29) is 24.2 Å². The number of carbonyl (C=O) groups is 2. The maximum Gasteiger partial charge on any atom is 0.251 e. The maximum atomic E-state index is 12.1. The largest absolute Gasteiger partial charge is 0.487 e. The summed E-state index contributed by atoms with van der Waals surface area (Å²) in [5.41, 5.74) is 3.93. The van der Waals surface area contributed by atoms with Crippen molar-refractivity contribution in [1.29, 1.82) is 0 Å². The number of hydrogen-bond donors (Lipinski definition) is 1. The van der Waals surface area contributed by atoms with Crippen LogP contribution in [0.2, 0.25) is 0 Å². The first kappa shape index (κ1) is 23.4. The lowest BCUT2D eigenvalue weighted by Crippen LogP contribution is -2.41. The number of likely N-dealkylation sites (tertiary alicyclic amines) is 1. The summed E-state index contributed by atoms with van der Waals surface area (Å²) in [5, 5.41) is 14.6. The van der Waals surface area contributed by atoms with E-state index < -0.39 is 6.04 Å². The molecule has 33 heavy (non-hydrogen) atoms. The molecule has 5 rings (SSSR count). The van der Waals surface area contributed by atoms with Crippen molar-refractivity contribution in [1.82, 2.24) is 25.2 Å². The van der Waals surface area contributed by atoms with E-state index in [1.807, 2.05) is 10.8 Å². The third-order valence-electron chi connectivity index (χ3n) is 5.96. The molecule has 0 aliphatic carbocycles. The molecule has 174 valence electrons. The van der Waals surface area contributed by atoms with Gasteiger partial charge in [-0.15, -0.1) is 28.8 Å². The Morgan fingerprint density at radius 1 is 1.09 bits per heavy atom. The molecule has 0 saturated carbocycles. The predicted octanol–water partition coefficient (Wildman–Crippen LogP) is 3.58. The van der Waals surface area contributed by atoms with Crippen molar-refractivity contribution in [3.8, 4) is 17.0 Å². The Hall–Kier alpha value is -2.75. The van der Waals surface area contributed by atoms with Crippen LogP contribution in [0.1, 0.15) is 42.9 Å². The van der Waals surface area contributed by atoms with Gasteiger partial charge in [-0.1, -0.05) is 29.5 Å². The molecule has 2 aliphatic heterocycles. The zero-order chi connectivity index (χ0) is 21.9. The number of carbonyl (C=O) groups excluding carboxylic acids is 2. The number of rotatable bonds is 7. The number of benzene rings is 1. The van der Waals surface area contributed by atoms with Gasteiger partial charge in [-0.3, -0.25) is 19.8 Å². The van der Waals surface area contributed by atoms with Crippen LogP contribution in [0.25, 0.3) is 11.3 Å². The molecule has 1 unspecified atom stereocenters. The minimum atomic E-state index is -0.518. The van der Waals surface area contributed by atoms with Gasteiger partial charge in [0, 0.05) is 23.7 Å². The van der Waals surface area contributed by atoms with E-state index in [1.54, 1.807) is 6.20 Å². The Morgan fingerprint density at radius 3 is 2.61 bits per heavy atom. The van der Waals surface area contributed by atoms with E-state index >= 15 is 0 Å². The van der Waals surface area contributed by atoms with Crippen LogP contribution in [0.4, 0.5) is 0 Å². The molecule has 10 heteroatoms. The molecular weight excluding hydrogens is 462 g/mol. The van der Waals surface area contributed by atoms with Crippen molar-refractivity contribution in [3.63, 3.8) is 0 Å². The maximum absolute atomic E-state index is 12.1. The van der Waals surface area contributed by atoms with Crippen LogP contribution in [0.15, 0.2) is 41.2 Å². The summed E-state index contributed by atoms with van der Waals surface area (Å²) >= 11 is 1.53. The van der Waals surface area contributed by atoms with Crippen LogP contribution in [0.5, 0.6) is 5.75 Å².